The summed E-state index contributed by atoms with van der Waals surface area (Å²) in [6.45, 7) is 5.59. The van der Waals surface area contributed by atoms with E-state index in [0.29, 0.717) is 5.88 Å². The van der Waals surface area contributed by atoms with E-state index in [9.17, 15) is 14.4 Å². The van der Waals surface area contributed by atoms with Crippen molar-refractivity contribution in [2.75, 3.05) is 14.2 Å². The Kier molecular flexibility index (Phi) is 7.30. The van der Waals surface area contributed by atoms with Crippen LogP contribution in [-0.2, 0) is 25.5 Å². The van der Waals surface area contributed by atoms with Gasteiger partial charge in [0.25, 0.3) is 0 Å². The maximum atomic E-state index is 12.4. The summed E-state index contributed by atoms with van der Waals surface area (Å²) in [5.74, 6) is -0.860. The van der Waals surface area contributed by atoms with Crippen LogP contribution in [0.2, 0.25) is 0 Å². The third-order valence-corrected chi connectivity index (χ3v) is 7.86. The van der Waals surface area contributed by atoms with E-state index in [1.54, 1.807) is 23.3 Å². The molecule has 0 unspecified atom stereocenters. The SMILES string of the molecule is COC(=O)C(=O)C[C@H]1CCc2sc3ncnc(O[C@H]4CC[C@H](N(C)C(=O)OC(C)(C)C)CC4)c3c21. The molecule has 0 N–H and O–H groups in total. The molecule has 0 aromatic carbocycles. The van der Waals surface area contributed by atoms with Crippen LogP contribution >= 0.6 is 11.3 Å². The number of carbonyl (C=O) groups is 3. The van der Waals surface area contributed by atoms with Gasteiger partial charge in [-0.1, -0.05) is 0 Å². The molecule has 0 spiro atoms. The molecule has 2 aromatic heterocycles. The van der Waals surface area contributed by atoms with Gasteiger partial charge in [0, 0.05) is 24.4 Å². The predicted molar refractivity (Wildman–Crippen MR) is 131 cm³/mol. The number of aromatic nitrogens is 2. The summed E-state index contributed by atoms with van der Waals surface area (Å²) >= 11 is 1.60. The number of methoxy groups -OCH3 is 1. The Balaban J connectivity index is 1.45. The molecule has 9 nitrogen and oxygen atoms in total. The van der Waals surface area contributed by atoms with Crippen molar-refractivity contribution in [1.82, 2.24) is 14.9 Å². The number of fused-ring (bicyclic) bond motifs is 3. The molecule has 190 valence electrons. The number of esters is 1. The first-order chi connectivity index (χ1) is 16.6. The van der Waals surface area contributed by atoms with Gasteiger partial charge in [0.05, 0.1) is 12.5 Å². The number of hydrogen-bond donors (Lipinski definition) is 0. The molecule has 2 aliphatic carbocycles. The fraction of sp³-hybridized carbons (Fsp3) is 0.640. The number of ketones is 1. The summed E-state index contributed by atoms with van der Waals surface area (Å²) in [6.07, 6.45) is 6.15. The van der Waals surface area contributed by atoms with Crippen LogP contribution in [0.5, 0.6) is 5.88 Å². The van der Waals surface area contributed by atoms with Crippen molar-refractivity contribution in [1.29, 1.82) is 0 Å². The van der Waals surface area contributed by atoms with E-state index >= 15 is 0 Å². The number of ether oxygens (including phenoxy) is 3. The number of carbonyl (C=O) groups excluding carboxylic acids is 3. The Morgan fingerprint density at radius 3 is 2.49 bits per heavy atom. The summed E-state index contributed by atoms with van der Waals surface area (Å²) in [5, 5.41) is 0.862. The normalized spacial score (nSPS) is 21.9. The van der Waals surface area contributed by atoms with Gasteiger partial charge in [-0.2, -0.15) is 0 Å². The molecule has 35 heavy (non-hydrogen) atoms. The Hall–Kier alpha value is -2.75. The second-order valence-corrected chi connectivity index (χ2v) is 11.4. The summed E-state index contributed by atoms with van der Waals surface area (Å²) in [6, 6.07) is 0.106. The molecule has 2 aromatic rings. The van der Waals surface area contributed by atoms with Gasteiger partial charge in [-0.25, -0.2) is 19.6 Å². The standard InChI is InChI=1S/C25H33N3O6S/c1-25(2,3)34-24(31)28(4)15-7-9-16(10-8-15)33-21-20-19-14(12-17(29)23(30)32-5)6-11-18(19)35-22(20)27-13-26-21/h13-16H,6-12H2,1-5H3/t14-,15-,16-/m1/s1. The number of Topliss-reactive ketones (excluding diaryl/α,β-unsaturated/α-hetero) is 1. The predicted octanol–water partition coefficient (Wildman–Crippen LogP) is 4.41. The topological polar surface area (TPSA) is 108 Å². The number of amides is 1. The molecule has 1 saturated carbocycles. The van der Waals surface area contributed by atoms with Crippen LogP contribution in [-0.4, -0.2) is 64.6 Å². The summed E-state index contributed by atoms with van der Waals surface area (Å²) < 4.78 is 16.5. The lowest BCUT2D eigenvalue weighted by molar-refractivity contribution is -0.151. The Morgan fingerprint density at radius 1 is 1.11 bits per heavy atom. The zero-order valence-electron chi connectivity index (χ0n) is 21.0. The van der Waals surface area contributed by atoms with E-state index in [-0.39, 0.29) is 30.6 Å². The Bertz CT molecular complexity index is 1120. The number of hydrogen-bond acceptors (Lipinski definition) is 9. The first kappa shape index (κ1) is 25.3. The third kappa shape index (κ3) is 5.58. The minimum Gasteiger partial charge on any atom is -0.474 e. The quantitative estimate of drug-likeness (QED) is 0.421. The Labute approximate surface area is 209 Å². The van der Waals surface area contributed by atoms with Crippen molar-refractivity contribution < 1.29 is 28.6 Å². The van der Waals surface area contributed by atoms with Crippen molar-refractivity contribution in [3.8, 4) is 5.88 Å². The molecule has 0 radical (unpaired) electrons. The molecular formula is C25H33N3O6S. The summed E-state index contributed by atoms with van der Waals surface area (Å²) in [5.41, 5.74) is 0.514. The minimum absolute atomic E-state index is 0.0245. The number of rotatable bonds is 6. The van der Waals surface area contributed by atoms with Crippen molar-refractivity contribution >= 4 is 39.4 Å². The third-order valence-electron chi connectivity index (χ3n) is 6.69. The highest BCUT2D eigenvalue weighted by Gasteiger charge is 2.34. The number of thiophene rings is 1. The maximum absolute atomic E-state index is 12.4. The molecule has 1 amide bonds. The molecule has 1 fully saturated rings. The molecule has 2 heterocycles. The molecule has 2 aliphatic rings. The van der Waals surface area contributed by atoms with Crippen LogP contribution in [0.1, 0.15) is 75.7 Å². The zero-order valence-corrected chi connectivity index (χ0v) is 21.8. The minimum atomic E-state index is -0.807. The molecule has 10 heteroatoms. The highest BCUT2D eigenvalue weighted by Crippen LogP contribution is 2.47. The average molecular weight is 504 g/mol. The van der Waals surface area contributed by atoms with Crippen LogP contribution in [0.3, 0.4) is 0 Å². The fourth-order valence-corrected chi connectivity index (χ4v) is 6.18. The van der Waals surface area contributed by atoms with Crippen LogP contribution in [0.4, 0.5) is 4.79 Å². The zero-order chi connectivity index (χ0) is 25.3. The van der Waals surface area contributed by atoms with Gasteiger partial charge >= 0.3 is 12.1 Å². The average Bonchev–Trinajstić information content (AvgIpc) is 3.37. The molecule has 1 atom stereocenters. The molecule has 0 aliphatic heterocycles. The van der Waals surface area contributed by atoms with Crippen molar-refractivity contribution in [3.05, 3.63) is 16.8 Å². The lowest BCUT2D eigenvalue weighted by Gasteiger charge is -2.35. The van der Waals surface area contributed by atoms with E-state index < -0.39 is 17.4 Å². The van der Waals surface area contributed by atoms with Gasteiger partial charge in [0.2, 0.25) is 11.7 Å². The van der Waals surface area contributed by atoms with Gasteiger partial charge in [0.1, 0.15) is 22.9 Å². The van der Waals surface area contributed by atoms with E-state index in [2.05, 4.69) is 14.7 Å². The lowest BCUT2D eigenvalue weighted by Crippen LogP contribution is -2.43. The van der Waals surface area contributed by atoms with E-state index in [0.717, 1.165) is 54.3 Å². The van der Waals surface area contributed by atoms with E-state index in [4.69, 9.17) is 9.47 Å². The highest BCUT2D eigenvalue weighted by molar-refractivity contribution is 7.19. The smallest absolute Gasteiger partial charge is 0.410 e. The van der Waals surface area contributed by atoms with Crippen molar-refractivity contribution in [2.24, 2.45) is 0 Å². The fourth-order valence-electron chi connectivity index (χ4n) is 4.95. The number of nitrogens with zero attached hydrogens (tertiary/aromatic N) is 3. The van der Waals surface area contributed by atoms with Gasteiger partial charge in [-0.15, -0.1) is 11.3 Å². The highest BCUT2D eigenvalue weighted by atomic mass is 32.1. The lowest BCUT2D eigenvalue weighted by atomic mass is 9.92. The van der Waals surface area contributed by atoms with Crippen LogP contribution in [0.25, 0.3) is 10.2 Å². The summed E-state index contributed by atoms with van der Waals surface area (Å²) in [7, 11) is 3.01. The number of aryl methyl sites for hydroxylation is 1. The van der Waals surface area contributed by atoms with Crippen molar-refractivity contribution in [2.45, 2.75) is 89.4 Å². The first-order valence-corrected chi connectivity index (χ1v) is 12.9. The largest absolute Gasteiger partial charge is 0.474 e. The first-order valence-electron chi connectivity index (χ1n) is 12.1. The second kappa shape index (κ2) is 10.1. The summed E-state index contributed by atoms with van der Waals surface area (Å²) in [4.78, 5) is 48.9. The second-order valence-electron chi connectivity index (χ2n) is 10.3. The van der Waals surface area contributed by atoms with Crippen LogP contribution in [0.15, 0.2) is 6.33 Å². The Morgan fingerprint density at radius 2 is 1.83 bits per heavy atom. The van der Waals surface area contributed by atoms with Gasteiger partial charge < -0.3 is 19.1 Å². The van der Waals surface area contributed by atoms with E-state index in [1.165, 1.54) is 18.3 Å². The monoisotopic (exact) mass is 503 g/mol. The van der Waals surface area contributed by atoms with E-state index in [1.807, 2.05) is 20.8 Å². The van der Waals surface area contributed by atoms with Gasteiger partial charge in [0.15, 0.2) is 0 Å². The van der Waals surface area contributed by atoms with Crippen LogP contribution < -0.4 is 4.74 Å². The van der Waals surface area contributed by atoms with Crippen LogP contribution in [0, 0.1) is 0 Å². The molecule has 0 saturated heterocycles. The van der Waals surface area contributed by atoms with Crippen molar-refractivity contribution in [3.63, 3.8) is 0 Å². The molecule has 0 bridgehead atoms. The maximum Gasteiger partial charge on any atom is 0.410 e. The molecule has 4 rings (SSSR count). The molecular weight excluding hydrogens is 470 g/mol. The van der Waals surface area contributed by atoms with Gasteiger partial charge in [-0.3, -0.25) is 4.79 Å². The van der Waals surface area contributed by atoms with Gasteiger partial charge in [-0.05, 0) is 70.8 Å².